The Labute approximate surface area is 235 Å². The van der Waals surface area contributed by atoms with E-state index in [4.69, 9.17) is 4.74 Å². The van der Waals surface area contributed by atoms with Gasteiger partial charge in [0.15, 0.2) is 0 Å². The number of benzene rings is 3. The summed E-state index contributed by atoms with van der Waals surface area (Å²) in [6.45, 7) is 4.56. The molecule has 0 saturated carbocycles. The highest BCUT2D eigenvalue weighted by Gasteiger charge is 2.43. The van der Waals surface area contributed by atoms with E-state index in [2.05, 4.69) is 22.3 Å². The van der Waals surface area contributed by atoms with E-state index >= 15 is 0 Å². The highest BCUT2D eigenvalue weighted by molar-refractivity contribution is 5.98. The molecule has 0 spiro atoms. The van der Waals surface area contributed by atoms with Gasteiger partial charge >= 0.3 is 0 Å². The Morgan fingerprint density at radius 2 is 1.73 bits per heavy atom. The molecule has 5 rings (SSSR count). The van der Waals surface area contributed by atoms with Gasteiger partial charge in [-0.3, -0.25) is 14.5 Å². The molecule has 2 aliphatic rings. The number of amides is 2. The standard InChI is InChI=1S/C32H37FN4O3/c1-40-29-9-5-8-26(20-29)31(38)37-23-28(21-30(37)32(39)35-18-15-34-16-19-35)36(17-14-24-6-3-2-4-7-24)22-25-10-12-27(33)13-11-25/h2-13,20,28,30,34H,14-19,21-23H2,1H3. The van der Waals surface area contributed by atoms with Gasteiger partial charge in [0, 0.05) is 57.4 Å². The third-order valence-corrected chi connectivity index (χ3v) is 7.92. The first-order chi connectivity index (χ1) is 19.5. The maximum absolute atomic E-state index is 13.9. The van der Waals surface area contributed by atoms with Gasteiger partial charge in [0.25, 0.3) is 5.91 Å². The van der Waals surface area contributed by atoms with Crippen LogP contribution >= 0.6 is 0 Å². The second kappa shape index (κ2) is 13.1. The third kappa shape index (κ3) is 6.69. The number of piperazine rings is 1. The zero-order valence-electron chi connectivity index (χ0n) is 23.0. The fraction of sp³-hybridized carbons (Fsp3) is 0.375. The molecule has 1 N–H and O–H groups in total. The van der Waals surface area contributed by atoms with E-state index in [1.807, 2.05) is 35.2 Å². The Kier molecular flexibility index (Phi) is 9.08. The van der Waals surface area contributed by atoms with Crippen molar-refractivity contribution < 1.29 is 18.7 Å². The SMILES string of the molecule is COc1cccc(C(=O)N2CC(N(CCc3ccccc3)Cc3ccc(F)cc3)CC2C(=O)N2CCNCC2)c1. The summed E-state index contributed by atoms with van der Waals surface area (Å²) >= 11 is 0. The topological polar surface area (TPSA) is 65.1 Å². The van der Waals surface area contributed by atoms with Crippen molar-refractivity contribution in [3.05, 3.63) is 101 Å². The molecule has 3 aromatic carbocycles. The summed E-state index contributed by atoms with van der Waals surface area (Å²) in [5.41, 5.74) is 2.73. The van der Waals surface area contributed by atoms with E-state index in [1.165, 1.54) is 17.7 Å². The van der Waals surface area contributed by atoms with E-state index in [9.17, 15) is 14.0 Å². The fourth-order valence-electron chi connectivity index (χ4n) is 5.69. The molecule has 2 unspecified atom stereocenters. The van der Waals surface area contributed by atoms with Gasteiger partial charge in [-0.15, -0.1) is 0 Å². The second-order valence-electron chi connectivity index (χ2n) is 10.5. The lowest BCUT2D eigenvalue weighted by molar-refractivity contribution is -0.135. The molecule has 2 fully saturated rings. The monoisotopic (exact) mass is 544 g/mol. The average molecular weight is 545 g/mol. The lowest BCUT2D eigenvalue weighted by Crippen LogP contribution is -2.53. The summed E-state index contributed by atoms with van der Waals surface area (Å²) in [5.74, 6) is 0.175. The Hall–Kier alpha value is -3.75. The van der Waals surface area contributed by atoms with E-state index in [0.717, 1.165) is 31.6 Å². The van der Waals surface area contributed by atoms with E-state index in [0.29, 0.717) is 43.9 Å². The molecule has 3 aromatic rings. The van der Waals surface area contributed by atoms with Gasteiger partial charge in [0.2, 0.25) is 5.91 Å². The first-order valence-corrected chi connectivity index (χ1v) is 14.0. The van der Waals surface area contributed by atoms with Crippen molar-refractivity contribution in [1.29, 1.82) is 0 Å². The van der Waals surface area contributed by atoms with Gasteiger partial charge in [0.05, 0.1) is 7.11 Å². The number of hydrogen-bond acceptors (Lipinski definition) is 5. The van der Waals surface area contributed by atoms with Crippen molar-refractivity contribution in [2.24, 2.45) is 0 Å². The first kappa shape index (κ1) is 27.8. The van der Waals surface area contributed by atoms with Crippen LogP contribution in [-0.2, 0) is 17.8 Å². The van der Waals surface area contributed by atoms with Gasteiger partial charge in [-0.2, -0.15) is 0 Å². The van der Waals surface area contributed by atoms with Crippen LogP contribution in [0, 0.1) is 5.82 Å². The number of nitrogens with zero attached hydrogens (tertiary/aromatic N) is 3. The summed E-state index contributed by atoms with van der Waals surface area (Å²) in [5, 5.41) is 3.30. The number of carbonyl (C=O) groups is 2. The number of rotatable bonds is 9. The highest BCUT2D eigenvalue weighted by Crippen LogP contribution is 2.28. The lowest BCUT2D eigenvalue weighted by Gasteiger charge is -2.32. The molecular weight excluding hydrogens is 507 g/mol. The highest BCUT2D eigenvalue weighted by atomic mass is 19.1. The first-order valence-electron chi connectivity index (χ1n) is 14.0. The van der Waals surface area contributed by atoms with Crippen molar-refractivity contribution in [2.45, 2.75) is 31.5 Å². The maximum Gasteiger partial charge on any atom is 0.254 e. The van der Waals surface area contributed by atoms with Crippen molar-refractivity contribution in [2.75, 3.05) is 46.4 Å². The summed E-state index contributed by atoms with van der Waals surface area (Å²) in [6, 6.07) is 23.4. The van der Waals surface area contributed by atoms with Crippen LogP contribution in [0.5, 0.6) is 5.75 Å². The van der Waals surface area contributed by atoms with Gasteiger partial charge in [-0.25, -0.2) is 4.39 Å². The minimum absolute atomic E-state index is 0.00466. The molecule has 2 aliphatic heterocycles. The van der Waals surface area contributed by atoms with Crippen molar-refractivity contribution in [3.8, 4) is 5.75 Å². The predicted octanol–water partition coefficient (Wildman–Crippen LogP) is 3.59. The molecule has 8 heteroatoms. The number of halogens is 1. The van der Waals surface area contributed by atoms with Crippen LogP contribution in [0.25, 0.3) is 0 Å². The number of nitrogens with one attached hydrogen (secondary N) is 1. The number of hydrogen-bond donors (Lipinski definition) is 1. The minimum Gasteiger partial charge on any atom is -0.497 e. The molecule has 0 aromatic heterocycles. The summed E-state index contributed by atoms with van der Waals surface area (Å²) in [4.78, 5) is 33.7. The van der Waals surface area contributed by atoms with Crippen LogP contribution in [0.4, 0.5) is 4.39 Å². The maximum atomic E-state index is 13.9. The van der Waals surface area contributed by atoms with Gasteiger partial charge < -0.3 is 19.9 Å². The number of carbonyl (C=O) groups excluding carboxylic acids is 2. The molecule has 210 valence electrons. The Bertz CT molecular complexity index is 1280. The second-order valence-corrected chi connectivity index (χ2v) is 10.5. The van der Waals surface area contributed by atoms with Crippen molar-refractivity contribution in [3.63, 3.8) is 0 Å². The number of ether oxygens (including phenoxy) is 1. The summed E-state index contributed by atoms with van der Waals surface area (Å²) < 4.78 is 19.0. The normalized spacial score (nSPS) is 19.2. The molecular formula is C32H37FN4O3. The van der Waals surface area contributed by atoms with Crippen LogP contribution in [0.2, 0.25) is 0 Å². The molecule has 2 amide bonds. The zero-order chi connectivity index (χ0) is 27.9. The van der Waals surface area contributed by atoms with Crippen LogP contribution in [0.1, 0.15) is 27.9 Å². The van der Waals surface area contributed by atoms with Crippen LogP contribution in [0.15, 0.2) is 78.9 Å². The largest absolute Gasteiger partial charge is 0.497 e. The van der Waals surface area contributed by atoms with Crippen molar-refractivity contribution >= 4 is 11.8 Å². The van der Waals surface area contributed by atoms with E-state index < -0.39 is 6.04 Å². The molecule has 0 radical (unpaired) electrons. The number of methoxy groups -OCH3 is 1. The summed E-state index contributed by atoms with van der Waals surface area (Å²) in [7, 11) is 1.58. The van der Waals surface area contributed by atoms with Gasteiger partial charge in [-0.05, 0) is 54.3 Å². The van der Waals surface area contributed by atoms with Gasteiger partial charge in [-0.1, -0.05) is 48.5 Å². The Morgan fingerprint density at radius 3 is 2.45 bits per heavy atom. The quantitative estimate of drug-likeness (QED) is 0.446. The van der Waals surface area contributed by atoms with Crippen LogP contribution < -0.4 is 10.1 Å². The Balaban J connectivity index is 1.42. The van der Waals surface area contributed by atoms with Gasteiger partial charge in [0.1, 0.15) is 17.6 Å². The molecule has 2 atom stereocenters. The molecule has 2 saturated heterocycles. The third-order valence-electron chi connectivity index (χ3n) is 7.92. The lowest BCUT2D eigenvalue weighted by atomic mass is 10.1. The Morgan fingerprint density at radius 1 is 0.975 bits per heavy atom. The molecule has 0 aliphatic carbocycles. The zero-order valence-corrected chi connectivity index (χ0v) is 23.0. The summed E-state index contributed by atoms with van der Waals surface area (Å²) in [6.07, 6.45) is 1.38. The molecule has 40 heavy (non-hydrogen) atoms. The van der Waals surface area contributed by atoms with Crippen LogP contribution in [-0.4, -0.2) is 85.0 Å². The predicted molar refractivity (Wildman–Crippen MR) is 153 cm³/mol. The van der Waals surface area contributed by atoms with Crippen LogP contribution in [0.3, 0.4) is 0 Å². The number of likely N-dealkylation sites (tertiary alicyclic amines) is 1. The molecule has 7 nitrogen and oxygen atoms in total. The minimum atomic E-state index is -0.547. The smallest absolute Gasteiger partial charge is 0.254 e. The molecule has 0 bridgehead atoms. The fourth-order valence-corrected chi connectivity index (χ4v) is 5.69. The molecule has 2 heterocycles. The average Bonchev–Trinajstić information content (AvgIpc) is 3.46. The van der Waals surface area contributed by atoms with E-state index in [1.54, 1.807) is 36.3 Å². The van der Waals surface area contributed by atoms with E-state index in [-0.39, 0.29) is 23.7 Å². The van der Waals surface area contributed by atoms with Crippen molar-refractivity contribution in [1.82, 2.24) is 20.0 Å².